The molecule has 0 saturated heterocycles. The molecule has 0 bridgehead atoms. The molecule has 0 amide bonds. The summed E-state index contributed by atoms with van der Waals surface area (Å²) in [7, 11) is 0. The molecule has 0 spiro atoms. The third kappa shape index (κ3) is 5.37. The fourth-order valence-electron chi connectivity index (χ4n) is 3.55. The lowest BCUT2D eigenvalue weighted by atomic mass is 10.1. The SMILES string of the molecule is CSc1ccc(C)cc1-c1cn(-c2ccc(C)cc2)nc1OCC(C)Nc1ncnc(C)c1Cl. The van der Waals surface area contributed by atoms with Gasteiger partial charge in [-0.15, -0.1) is 16.9 Å². The topological polar surface area (TPSA) is 64.9 Å². The summed E-state index contributed by atoms with van der Waals surface area (Å²) in [4.78, 5) is 9.54. The second-order valence-corrected chi connectivity index (χ2v) is 9.54. The Morgan fingerprint density at radius 1 is 1.03 bits per heavy atom. The van der Waals surface area contributed by atoms with Gasteiger partial charge in [-0.1, -0.05) is 47.0 Å². The van der Waals surface area contributed by atoms with Crippen molar-refractivity contribution in [1.29, 1.82) is 0 Å². The number of rotatable bonds is 8. The largest absolute Gasteiger partial charge is 0.474 e. The number of halogens is 1. The van der Waals surface area contributed by atoms with E-state index in [1.165, 1.54) is 22.3 Å². The third-order valence-corrected chi connectivity index (χ3v) is 6.69. The number of hydrogen-bond acceptors (Lipinski definition) is 6. The van der Waals surface area contributed by atoms with Gasteiger partial charge in [-0.25, -0.2) is 14.6 Å². The lowest BCUT2D eigenvalue weighted by Gasteiger charge is -2.16. The number of nitrogens with one attached hydrogen (secondary N) is 1. The van der Waals surface area contributed by atoms with Crippen molar-refractivity contribution >= 4 is 29.2 Å². The Hall–Kier alpha value is -3.03. The van der Waals surface area contributed by atoms with E-state index in [4.69, 9.17) is 21.4 Å². The van der Waals surface area contributed by atoms with Crippen molar-refractivity contribution in [3.05, 3.63) is 76.8 Å². The van der Waals surface area contributed by atoms with E-state index in [1.807, 2.05) is 24.7 Å². The normalized spacial score (nSPS) is 11.9. The highest BCUT2D eigenvalue weighted by molar-refractivity contribution is 7.98. The highest BCUT2D eigenvalue weighted by atomic mass is 35.5. The number of ether oxygens (including phenoxy) is 1. The van der Waals surface area contributed by atoms with Gasteiger partial charge in [0, 0.05) is 16.7 Å². The predicted octanol–water partition coefficient (Wildman–Crippen LogP) is 6.51. The first-order valence-electron chi connectivity index (χ1n) is 11.0. The monoisotopic (exact) mass is 493 g/mol. The van der Waals surface area contributed by atoms with Gasteiger partial charge < -0.3 is 10.1 Å². The zero-order valence-electron chi connectivity index (χ0n) is 20.0. The Morgan fingerprint density at radius 2 is 1.76 bits per heavy atom. The zero-order valence-corrected chi connectivity index (χ0v) is 21.5. The molecule has 1 atom stereocenters. The van der Waals surface area contributed by atoms with Crippen LogP contribution in [0.4, 0.5) is 5.82 Å². The minimum atomic E-state index is -0.0540. The highest BCUT2D eigenvalue weighted by Crippen LogP contribution is 2.37. The van der Waals surface area contributed by atoms with Crippen LogP contribution in [0.25, 0.3) is 16.8 Å². The molecule has 1 N–H and O–H groups in total. The van der Waals surface area contributed by atoms with Crippen LogP contribution >= 0.6 is 23.4 Å². The minimum Gasteiger partial charge on any atom is -0.474 e. The van der Waals surface area contributed by atoms with Gasteiger partial charge in [0.25, 0.3) is 0 Å². The molecular weight excluding hydrogens is 466 g/mol. The summed E-state index contributed by atoms with van der Waals surface area (Å²) >= 11 is 8.05. The van der Waals surface area contributed by atoms with Gasteiger partial charge in [0.05, 0.1) is 23.0 Å². The number of aryl methyl sites for hydroxylation is 3. The summed E-state index contributed by atoms with van der Waals surface area (Å²) in [6, 6.07) is 14.7. The van der Waals surface area contributed by atoms with Crippen molar-refractivity contribution in [2.75, 3.05) is 18.2 Å². The number of nitrogens with zero attached hydrogens (tertiary/aromatic N) is 4. The Labute approximate surface area is 209 Å². The highest BCUT2D eigenvalue weighted by Gasteiger charge is 2.18. The van der Waals surface area contributed by atoms with Crippen LogP contribution in [0.5, 0.6) is 5.88 Å². The fraction of sp³-hybridized carbons (Fsp3) is 0.269. The first-order chi connectivity index (χ1) is 16.4. The standard InChI is InChI=1S/C26H28ClN5OS/c1-16-6-9-20(10-7-16)32-13-22(21-12-17(2)8-11-23(21)34-5)26(31-32)33-14-18(3)30-25-24(27)19(4)28-15-29-25/h6-13,15,18H,14H2,1-5H3,(H,28,29,30). The number of aromatic nitrogens is 4. The first kappa shape index (κ1) is 24.1. The van der Waals surface area contributed by atoms with Crippen LogP contribution < -0.4 is 10.1 Å². The number of anilines is 1. The Morgan fingerprint density at radius 3 is 2.50 bits per heavy atom. The van der Waals surface area contributed by atoms with Gasteiger partial charge in [0.15, 0.2) is 0 Å². The van der Waals surface area contributed by atoms with Gasteiger partial charge in [0.1, 0.15) is 23.8 Å². The second kappa shape index (κ2) is 10.5. The van der Waals surface area contributed by atoms with Gasteiger partial charge in [-0.2, -0.15) is 0 Å². The van der Waals surface area contributed by atoms with Gasteiger partial charge in [-0.3, -0.25) is 0 Å². The van der Waals surface area contributed by atoms with E-state index in [-0.39, 0.29) is 6.04 Å². The van der Waals surface area contributed by atoms with Crippen LogP contribution in [0, 0.1) is 20.8 Å². The van der Waals surface area contributed by atoms with Crippen molar-refractivity contribution in [3.8, 4) is 22.7 Å². The molecule has 4 aromatic rings. The Bertz CT molecular complexity index is 1290. The van der Waals surface area contributed by atoms with Crippen molar-refractivity contribution in [1.82, 2.24) is 19.7 Å². The molecule has 0 aliphatic heterocycles. The van der Waals surface area contributed by atoms with Crippen LogP contribution in [0.3, 0.4) is 0 Å². The Balaban J connectivity index is 1.64. The molecule has 1 unspecified atom stereocenters. The molecule has 0 fully saturated rings. The fourth-order valence-corrected chi connectivity index (χ4v) is 4.29. The lowest BCUT2D eigenvalue weighted by Crippen LogP contribution is -2.24. The van der Waals surface area contributed by atoms with E-state index in [2.05, 4.69) is 77.9 Å². The molecule has 34 heavy (non-hydrogen) atoms. The summed E-state index contributed by atoms with van der Waals surface area (Å²) in [5.41, 5.74) is 6.16. The first-order valence-corrected chi connectivity index (χ1v) is 12.6. The summed E-state index contributed by atoms with van der Waals surface area (Å²) in [6.07, 6.45) is 5.62. The van der Waals surface area contributed by atoms with Crippen LogP contribution in [-0.2, 0) is 0 Å². The van der Waals surface area contributed by atoms with E-state index in [0.29, 0.717) is 23.3 Å². The van der Waals surface area contributed by atoms with Crippen LogP contribution in [0.1, 0.15) is 23.7 Å². The zero-order chi connectivity index (χ0) is 24.2. The summed E-state index contributed by atoms with van der Waals surface area (Å²) < 4.78 is 8.15. The van der Waals surface area contributed by atoms with Crippen molar-refractivity contribution in [2.24, 2.45) is 0 Å². The van der Waals surface area contributed by atoms with Crippen molar-refractivity contribution in [2.45, 2.75) is 38.6 Å². The Kier molecular flexibility index (Phi) is 7.44. The summed E-state index contributed by atoms with van der Waals surface area (Å²) in [6.45, 7) is 8.43. The molecular formula is C26H28ClN5OS. The predicted molar refractivity (Wildman–Crippen MR) is 141 cm³/mol. The quantitative estimate of drug-likeness (QED) is 0.282. The molecule has 8 heteroatoms. The summed E-state index contributed by atoms with van der Waals surface area (Å²) in [5, 5.41) is 8.63. The number of hydrogen-bond donors (Lipinski definition) is 1. The second-order valence-electron chi connectivity index (χ2n) is 8.31. The third-order valence-electron chi connectivity index (χ3n) is 5.44. The molecule has 4 rings (SSSR count). The van der Waals surface area contributed by atoms with Crippen LogP contribution in [0.15, 0.2) is 59.9 Å². The maximum absolute atomic E-state index is 6.34. The average Bonchev–Trinajstić information content (AvgIpc) is 3.25. The van der Waals surface area contributed by atoms with Gasteiger partial charge in [0.2, 0.25) is 5.88 Å². The molecule has 0 aliphatic rings. The maximum Gasteiger partial charge on any atom is 0.241 e. The van der Waals surface area contributed by atoms with E-state index >= 15 is 0 Å². The number of benzene rings is 2. The molecule has 0 aliphatic carbocycles. The van der Waals surface area contributed by atoms with E-state index in [0.717, 1.165) is 22.5 Å². The van der Waals surface area contributed by atoms with E-state index in [1.54, 1.807) is 11.8 Å². The molecule has 176 valence electrons. The van der Waals surface area contributed by atoms with Gasteiger partial charge in [-0.05, 0) is 52.1 Å². The maximum atomic E-state index is 6.34. The van der Waals surface area contributed by atoms with Crippen LogP contribution in [0.2, 0.25) is 5.02 Å². The molecule has 2 aromatic carbocycles. The molecule has 2 heterocycles. The molecule has 6 nitrogen and oxygen atoms in total. The molecule has 0 radical (unpaired) electrons. The van der Waals surface area contributed by atoms with Gasteiger partial charge >= 0.3 is 0 Å². The van der Waals surface area contributed by atoms with Crippen molar-refractivity contribution in [3.63, 3.8) is 0 Å². The molecule has 2 aromatic heterocycles. The van der Waals surface area contributed by atoms with E-state index < -0.39 is 0 Å². The minimum absolute atomic E-state index is 0.0540. The smallest absolute Gasteiger partial charge is 0.241 e. The molecule has 0 saturated carbocycles. The number of thioether (sulfide) groups is 1. The van der Waals surface area contributed by atoms with Crippen LogP contribution in [-0.4, -0.2) is 38.7 Å². The summed E-state index contributed by atoms with van der Waals surface area (Å²) in [5.74, 6) is 1.18. The average molecular weight is 494 g/mol. The van der Waals surface area contributed by atoms with Crippen molar-refractivity contribution < 1.29 is 4.74 Å². The van der Waals surface area contributed by atoms with E-state index in [9.17, 15) is 0 Å². The lowest BCUT2D eigenvalue weighted by molar-refractivity contribution is 0.291.